The van der Waals surface area contributed by atoms with Crippen LogP contribution in [0.15, 0.2) is 22.7 Å². The van der Waals surface area contributed by atoms with Crippen LogP contribution in [-0.4, -0.2) is 25.9 Å². The summed E-state index contributed by atoms with van der Waals surface area (Å²) in [6, 6.07) is 5.44. The first-order chi connectivity index (χ1) is 8.17. The first-order valence-electron chi connectivity index (χ1n) is 5.57. The minimum atomic E-state index is 0.0612. The van der Waals surface area contributed by atoms with E-state index in [2.05, 4.69) is 15.9 Å². The van der Waals surface area contributed by atoms with Gasteiger partial charge in [-0.05, 0) is 41.1 Å². The van der Waals surface area contributed by atoms with Gasteiger partial charge in [0.05, 0.1) is 17.2 Å². The van der Waals surface area contributed by atoms with E-state index in [1.807, 2.05) is 13.0 Å². The zero-order valence-corrected chi connectivity index (χ0v) is 12.1. The average Bonchev–Trinajstić information content (AvgIpc) is 2.30. The summed E-state index contributed by atoms with van der Waals surface area (Å²) in [5, 5.41) is 0.679. The molecule has 0 amide bonds. The van der Waals surface area contributed by atoms with Crippen LogP contribution in [0.3, 0.4) is 0 Å². The largest absolute Gasteiger partial charge is 0.492 e. The molecule has 3 nitrogen and oxygen atoms in total. The van der Waals surface area contributed by atoms with Crippen molar-refractivity contribution in [2.75, 3.05) is 19.8 Å². The molecule has 0 saturated heterocycles. The summed E-state index contributed by atoms with van der Waals surface area (Å²) < 4.78 is 11.9. The van der Waals surface area contributed by atoms with E-state index >= 15 is 0 Å². The lowest BCUT2D eigenvalue weighted by Gasteiger charge is -2.15. The summed E-state index contributed by atoms with van der Waals surface area (Å²) in [7, 11) is 0. The Morgan fingerprint density at radius 1 is 1.47 bits per heavy atom. The first-order valence-corrected chi connectivity index (χ1v) is 6.74. The van der Waals surface area contributed by atoms with Crippen molar-refractivity contribution in [3.8, 4) is 5.75 Å². The topological polar surface area (TPSA) is 44.5 Å². The molecule has 5 heteroatoms. The van der Waals surface area contributed by atoms with Crippen molar-refractivity contribution in [2.45, 2.75) is 19.4 Å². The summed E-state index contributed by atoms with van der Waals surface area (Å²) in [5.74, 6) is 0.779. The standard InChI is InChI=1S/C12H17BrClNO2/c1-2-16-10(8-15)5-6-17-12-4-3-9(14)7-11(12)13/h3-4,7,10H,2,5-6,8,15H2,1H3. The number of rotatable bonds is 7. The van der Waals surface area contributed by atoms with Crippen LogP contribution < -0.4 is 10.5 Å². The van der Waals surface area contributed by atoms with Crippen LogP contribution in [0.4, 0.5) is 0 Å². The van der Waals surface area contributed by atoms with Gasteiger partial charge in [-0.2, -0.15) is 0 Å². The number of nitrogens with two attached hydrogens (primary N) is 1. The fourth-order valence-corrected chi connectivity index (χ4v) is 2.19. The van der Waals surface area contributed by atoms with Gasteiger partial charge in [0, 0.05) is 24.6 Å². The van der Waals surface area contributed by atoms with Crippen LogP contribution in [0.1, 0.15) is 13.3 Å². The molecular weight excluding hydrogens is 305 g/mol. The van der Waals surface area contributed by atoms with Crippen molar-refractivity contribution in [3.63, 3.8) is 0 Å². The molecule has 1 rings (SSSR count). The van der Waals surface area contributed by atoms with E-state index < -0.39 is 0 Å². The molecule has 0 fully saturated rings. The summed E-state index contributed by atoms with van der Waals surface area (Å²) in [5.41, 5.74) is 5.58. The first kappa shape index (κ1) is 14.8. The predicted octanol–water partition coefficient (Wildman–Crippen LogP) is 3.24. The molecular formula is C12H17BrClNO2. The summed E-state index contributed by atoms with van der Waals surface area (Å²) in [4.78, 5) is 0. The zero-order chi connectivity index (χ0) is 12.7. The van der Waals surface area contributed by atoms with Crippen LogP contribution in [0.2, 0.25) is 5.02 Å². The van der Waals surface area contributed by atoms with Gasteiger partial charge < -0.3 is 15.2 Å². The Labute approximate surface area is 115 Å². The molecule has 2 N–H and O–H groups in total. The van der Waals surface area contributed by atoms with Gasteiger partial charge in [0.2, 0.25) is 0 Å². The Morgan fingerprint density at radius 2 is 2.24 bits per heavy atom. The summed E-state index contributed by atoms with van der Waals surface area (Å²) in [6.07, 6.45) is 0.838. The third-order valence-corrected chi connectivity index (χ3v) is 3.11. The molecule has 0 aliphatic heterocycles. The second kappa shape index (κ2) is 7.93. The van der Waals surface area contributed by atoms with Crippen molar-refractivity contribution < 1.29 is 9.47 Å². The molecule has 17 heavy (non-hydrogen) atoms. The van der Waals surface area contributed by atoms with Gasteiger partial charge in [-0.1, -0.05) is 11.6 Å². The highest BCUT2D eigenvalue weighted by molar-refractivity contribution is 9.10. The Bertz CT molecular complexity index is 349. The van der Waals surface area contributed by atoms with E-state index in [0.29, 0.717) is 24.8 Å². The maximum absolute atomic E-state index is 5.84. The highest BCUT2D eigenvalue weighted by Gasteiger charge is 2.07. The molecule has 0 bridgehead atoms. The number of hydrogen-bond donors (Lipinski definition) is 1. The van der Waals surface area contributed by atoms with Crippen LogP contribution >= 0.6 is 27.5 Å². The van der Waals surface area contributed by atoms with Gasteiger partial charge in [-0.25, -0.2) is 0 Å². The van der Waals surface area contributed by atoms with Gasteiger partial charge in [0.1, 0.15) is 5.75 Å². The zero-order valence-electron chi connectivity index (χ0n) is 9.79. The number of benzene rings is 1. The van der Waals surface area contributed by atoms with Gasteiger partial charge >= 0.3 is 0 Å². The Kier molecular flexibility index (Phi) is 6.89. The van der Waals surface area contributed by atoms with E-state index in [4.69, 9.17) is 26.8 Å². The number of hydrogen-bond acceptors (Lipinski definition) is 3. The molecule has 0 radical (unpaired) electrons. The van der Waals surface area contributed by atoms with Gasteiger partial charge in [-0.15, -0.1) is 0 Å². The number of ether oxygens (including phenoxy) is 2. The van der Waals surface area contributed by atoms with Crippen molar-refractivity contribution in [3.05, 3.63) is 27.7 Å². The minimum Gasteiger partial charge on any atom is -0.492 e. The molecule has 1 atom stereocenters. The second-order valence-electron chi connectivity index (χ2n) is 3.52. The molecule has 0 saturated carbocycles. The fourth-order valence-electron chi connectivity index (χ4n) is 1.40. The predicted molar refractivity (Wildman–Crippen MR) is 73.7 cm³/mol. The number of halogens is 2. The maximum Gasteiger partial charge on any atom is 0.133 e. The Morgan fingerprint density at radius 3 is 2.82 bits per heavy atom. The molecule has 1 aromatic rings. The highest BCUT2D eigenvalue weighted by atomic mass is 79.9. The van der Waals surface area contributed by atoms with Crippen molar-refractivity contribution in [1.29, 1.82) is 0 Å². The van der Waals surface area contributed by atoms with Crippen LogP contribution in [0.5, 0.6) is 5.75 Å². The minimum absolute atomic E-state index is 0.0612. The van der Waals surface area contributed by atoms with E-state index in [1.54, 1.807) is 12.1 Å². The third kappa shape index (κ3) is 5.25. The van der Waals surface area contributed by atoms with E-state index in [-0.39, 0.29) is 6.10 Å². The van der Waals surface area contributed by atoms with Gasteiger partial charge in [0.15, 0.2) is 0 Å². The molecule has 1 unspecified atom stereocenters. The molecule has 96 valence electrons. The molecule has 0 heterocycles. The Hall–Kier alpha value is -0.290. The van der Waals surface area contributed by atoms with Crippen molar-refractivity contribution in [2.24, 2.45) is 5.73 Å². The molecule has 0 spiro atoms. The van der Waals surface area contributed by atoms with Crippen LogP contribution in [0, 0.1) is 0 Å². The lowest BCUT2D eigenvalue weighted by Crippen LogP contribution is -2.25. The molecule has 1 aromatic carbocycles. The lowest BCUT2D eigenvalue weighted by molar-refractivity contribution is 0.0526. The average molecular weight is 323 g/mol. The van der Waals surface area contributed by atoms with Crippen molar-refractivity contribution >= 4 is 27.5 Å². The van der Waals surface area contributed by atoms with E-state index in [1.165, 1.54) is 0 Å². The van der Waals surface area contributed by atoms with Crippen molar-refractivity contribution in [1.82, 2.24) is 0 Å². The second-order valence-corrected chi connectivity index (χ2v) is 4.82. The molecule has 0 aliphatic carbocycles. The smallest absolute Gasteiger partial charge is 0.133 e. The summed E-state index contributed by atoms with van der Waals surface area (Å²) in [6.45, 7) is 3.72. The molecule has 0 aromatic heterocycles. The highest BCUT2D eigenvalue weighted by Crippen LogP contribution is 2.28. The Balaban J connectivity index is 2.39. The monoisotopic (exact) mass is 321 g/mol. The quantitative estimate of drug-likeness (QED) is 0.838. The third-order valence-electron chi connectivity index (χ3n) is 2.26. The maximum atomic E-state index is 5.84. The van der Waals surface area contributed by atoms with Crippen LogP contribution in [0.25, 0.3) is 0 Å². The van der Waals surface area contributed by atoms with Gasteiger partial charge in [0.25, 0.3) is 0 Å². The lowest BCUT2D eigenvalue weighted by atomic mass is 10.2. The normalized spacial score (nSPS) is 12.5. The van der Waals surface area contributed by atoms with E-state index in [0.717, 1.165) is 16.6 Å². The van der Waals surface area contributed by atoms with Crippen LogP contribution in [-0.2, 0) is 4.74 Å². The summed E-state index contributed by atoms with van der Waals surface area (Å²) >= 11 is 9.24. The fraction of sp³-hybridized carbons (Fsp3) is 0.500. The van der Waals surface area contributed by atoms with E-state index in [9.17, 15) is 0 Å². The van der Waals surface area contributed by atoms with Gasteiger partial charge in [-0.3, -0.25) is 0 Å². The SMILES string of the molecule is CCOC(CN)CCOc1ccc(Cl)cc1Br. The molecule has 0 aliphatic rings.